The number of nitrogens with one attached hydrogen (secondary N) is 1. The van der Waals surface area contributed by atoms with Crippen LogP contribution in [0.4, 0.5) is 0 Å². The number of rotatable bonds is 3. The minimum atomic E-state index is 0.857. The zero-order chi connectivity index (χ0) is 14.9. The first kappa shape index (κ1) is 13.1. The van der Waals surface area contributed by atoms with Crippen molar-refractivity contribution in [3.05, 3.63) is 60.1 Å². The van der Waals surface area contributed by atoms with E-state index in [2.05, 4.69) is 40.3 Å². The Morgan fingerprint density at radius 3 is 2.59 bits per heavy atom. The molecule has 1 N–H and O–H groups in total. The van der Waals surface area contributed by atoms with E-state index in [9.17, 15) is 0 Å². The summed E-state index contributed by atoms with van der Waals surface area (Å²) in [6, 6.07) is 16.4. The van der Waals surface area contributed by atoms with E-state index in [1.54, 1.807) is 18.4 Å². The molecule has 3 nitrogen and oxygen atoms in total. The number of para-hydroxylation sites is 1. The highest BCUT2D eigenvalue weighted by molar-refractivity contribution is 7.13. The van der Waals surface area contributed by atoms with Crippen molar-refractivity contribution in [1.82, 2.24) is 9.97 Å². The van der Waals surface area contributed by atoms with Gasteiger partial charge in [-0.3, -0.25) is 0 Å². The Morgan fingerprint density at radius 2 is 1.86 bits per heavy atom. The number of methoxy groups -OCH3 is 1. The maximum absolute atomic E-state index is 5.25. The lowest BCUT2D eigenvalue weighted by atomic mass is 10.1. The van der Waals surface area contributed by atoms with Crippen LogP contribution >= 0.6 is 11.3 Å². The van der Waals surface area contributed by atoms with Crippen molar-refractivity contribution in [3.63, 3.8) is 0 Å². The normalized spacial score (nSPS) is 11.0. The standard InChI is InChI=1S/C18H14N2OS/c1-21-13-8-6-12(7-9-13)17-16(18-19-10-11-22-18)14-4-2-3-5-15(14)20-17/h2-11,20H,1H3. The van der Waals surface area contributed by atoms with E-state index in [0.717, 1.165) is 33.1 Å². The van der Waals surface area contributed by atoms with Crippen LogP contribution in [0.3, 0.4) is 0 Å². The van der Waals surface area contributed by atoms with E-state index in [-0.39, 0.29) is 0 Å². The molecule has 2 aromatic carbocycles. The van der Waals surface area contributed by atoms with Crippen molar-refractivity contribution >= 4 is 22.2 Å². The predicted octanol–water partition coefficient (Wildman–Crippen LogP) is 4.97. The van der Waals surface area contributed by atoms with E-state index >= 15 is 0 Å². The monoisotopic (exact) mass is 306 g/mol. The minimum absolute atomic E-state index is 0.857. The van der Waals surface area contributed by atoms with Crippen LogP contribution in [0.2, 0.25) is 0 Å². The van der Waals surface area contributed by atoms with Crippen molar-refractivity contribution in [3.8, 4) is 27.6 Å². The summed E-state index contributed by atoms with van der Waals surface area (Å²) in [7, 11) is 1.68. The highest BCUT2D eigenvalue weighted by Gasteiger charge is 2.16. The van der Waals surface area contributed by atoms with Gasteiger partial charge in [0.15, 0.2) is 0 Å². The van der Waals surface area contributed by atoms with Crippen LogP contribution in [-0.2, 0) is 0 Å². The lowest BCUT2D eigenvalue weighted by Crippen LogP contribution is -1.84. The van der Waals surface area contributed by atoms with Crippen molar-refractivity contribution in [1.29, 1.82) is 0 Å². The van der Waals surface area contributed by atoms with E-state index in [0.29, 0.717) is 0 Å². The number of fused-ring (bicyclic) bond motifs is 1. The van der Waals surface area contributed by atoms with Crippen LogP contribution < -0.4 is 4.74 Å². The number of benzene rings is 2. The summed E-state index contributed by atoms with van der Waals surface area (Å²) >= 11 is 1.66. The Balaban J connectivity index is 1.98. The second-order valence-electron chi connectivity index (χ2n) is 4.99. The number of thiazole rings is 1. The molecule has 2 aromatic heterocycles. The van der Waals surface area contributed by atoms with Crippen LogP contribution in [-0.4, -0.2) is 17.1 Å². The fourth-order valence-corrected chi connectivity index (χ4v) is 3.39. The van der Waals surface area contributed by atoms with Crippen molar-refractivity contribution in [2.24, 2.45) is 0 Å². The maximum Gasteiger partial charge on any atom is 0.126 e. The Bertz CT molecular complexity index is 908. The Kier molecular flexibility index (Phi) is 3.16. The molecule has 0 radical (unpaired) electrons. The molecule has 4 heteroatoms. The highest BCUT2D eigenvalue weighted by Crippen LogP contribution is 2.39. The molecule has 0 aliphatic carbocycles. The summed E-state index contributed by atoms with van der Waals surface area (Å²) in [6.45, 7) is 0. The van der Waals surface area contributed by atoms with Crippen molar-refractivity contribution in [2.75, 3.05) is 7.11 Å². The molecule has 2 heterocycles. The zero-order valence-electron chi connectivity index (χ0n) is 12.0. The van der Waals surface area contributed by atoms with Crippen molar-refractivity contribution in [2.45, 2.75) is 0 Å². The van der Waals surface area contributed by atoms with Gasteiger partial charge < -0.3 is 9.72 Å². The average molecular weight is 306 g/mol. The molecule has 0 unspecified atom stereocenters. The molecule has 4 rings (SSSR count). The molecule has 0 atom stereocenters. The number of ether oxygens (including phenoxy) is 1. The van der Waals surface area contributed by atoms with Gasteiger partial charge in [-0.25, -0.2) is 4.98 Å². The molecule has 0 saturated heterocycles. The first-order valence-corrected chi connectivity index (χ1v) is 7.90. The minimum Gasteiger partial charge on any atom is -0.497 e. The van der Waals surface area contributed by atoms with Gasteiger partial charge in [-0.1, -0.05) is 18.2 Å². The second-order valence-corrected chi connectivity index (χ2v) is 5.88. The van der Waals surface area contributed by atoms with Gasteiger partial charge in [-0.2, -0.15) is 0 Å². The maximum atomic E-state index is 5.25. The van der Waals surface area contributed by atoms with Crippen molar-refractivity contribution < 1.29 is 4.74 Å². The lowest BCUT2D eigenvalue weighted by molar-refractivity contribution is 0.415. The van der Waals surface area contributed by atoms with Crippen LogP contribution in [0.1, 0.15) is 0 Å². The number of hydrogen-bond acceptors (Lipinski definition) is 3. The van der Waals surface area contributed by atoms with Crippen LogP contribution in [0, 0.1) is 0 Å². The van der Waals surface area contributed by atoms with Gasteiger partial charge in [-0.05, 0) is 35.9 Å². The largest absolute Gasteiger partial charge is 0.497 e. The van der Waals surface area contributed by atoms with Gasteiger partial charge in [-0.15, -0.1) is 11.3 Å². The van der Waals surface area contributed by atoms with Crippen LogP contribution in [0.5, 0.6) is 5.75 Å². The third kappa shape index (κ3) is 2.09. The van der Waals surface area contributed by atoms with Gasteiger partial charge in [0, 0.05) is 28.0 Å². The number of aromatic nitrogens is 2. The molecule has 0 spiro atoms. The second kappa shape index (κ2) is 5.31. The summed E-state index contributed by atoms with van der Waals surface area (Å²) in [4.78, 5) is 8.03. The highest BCUT2D eigenvalue weighted by atomic mass is 32.1. The van der Waals surface area contributed by atoms with Crippen LogP contribution in [0.15, 0.2) is 60.1 Å². The SMILES string of the molecule is COc1ccc(-c2[nH]c3ccccc3c2-c2nccs2)cc1. The number of H-pyrrole nitrogens is 1. The third-order valence-electron chi connectivity index (χ3n) is 3.73. The van der Waals surface area contributed by atoms with E-state index in [4.69, 9.17) is 4.74 Å². The smallest absolute Gasteiger partial charge is 0.126 e. The molecule has 0 aliphatic heterocycles. The molecule has 0 amide bonds. The molecule has 0 bridgehead atoms. The molecule has 4 aromatic rings. The molecule has 108 valence electrons. The fourth-order valence-electron chi connectivity index (χ4n) is 2.69. The summed E-state index contributed by atoms with van der Waals surface area (Å²) in [5.74, 6) is 0.857. The Labute approximate surface area is 132 Å². The third-order valence-corrected chi connectivity index (χ3v) is 4.52. The summed E-state index contributed by atoms with van der Waals surface area (Å²) in [6.07, 6.45) is 1.85. The predicted molar refractivity (Wildman–Crippen MR) is 91.4 cm³/mol. The molecular weight excluding hydrogens is 292 g/mol. The number of aromatic amines is 1. The van der Waals surface area contributed by atoms with Crippen LogP contribution in [0.25, 0.3) is 32.7 Å². The van der Waals surface area contributed by atoms with Gasteiger partial charge in [0.05, 0.1) is 12.8 Å². The topological polar surface area (TPSA) is 37.9 Å². The Morgan fingerprint density at radius 1 is 1.05 bits per heavy atom. The molecular formula is C18H14N2OS. The van der Waals surface area contributed by atoms with E-state index < -0.39 is 0 Å². The summed E-state index contributed by atoms with van der Waals surface area (Å²) < 4.78 is 5.25. The van der Waals surface area contributed by atoms with Gasteiger partial charge in [0.25, 0.3) is 0 Å². The number of nitrogens with zero attached hydrogens (tertiary/aromatic N) is 1. The lowest BCUT2D eigenvalue weighted by Gasteiger charge is -2.04. The molecule has 0 aliphatic rings. The Hall–Kier alpha value is -2.59. The fraction of sp³-hybridized carbons (Fsp3) is 0.0556. The van der Waals surface area contributed by atoms with Gasteiger partial charge in [0.1, 0.15) is 10.8 Å². The zero-order valence-corrected chi connectivity index (χ0v) is 12.9. The molecule has 0 fully saturated rings. The van der Waals surface area contributed by atoms with Gasteiger partial charge in [0.2, 0.25) is 0 Å². The molecule has 0 saturated carbocycles. The average Bonchev–Trinajstić information content (AvgIpc) is 3.21. The van der Waals surface area contributed by atoms with E-state index in [1.807, 2.05) is 29.8 Å². The summed E-state index contributed by atoms with van der Waals surface area (Å²) in [5.41, 5.74) is 4.51. The molecule has 22 heavy (non-hydrogen) atoms. The van der Waals surface area contributed by atoms with Gasteiger partial charge >= 0.3 is 0 Å². The van der Waals surface area contributed by atoms with E-state index in [1.165, 1.54) is 5.39 Å². The summed E-state index contributed by atoms with van der Waals surface area (Å²) in [5, 5.41) is 4.24. The number of hydrogen-bond donors (Lipinski definition) is 1. The quantitative estimate of drug-likeness (QED) is 0.580. The first-order chi connectivity index (χ1) is 10.9. The first-order valence-electron chi connectivity index (χ1n) is 7.02.